The van der Waals surface area contributed by atoms with Crippen molar-refractivity contribution in [1.82, 2.24) is 29.1 Å². The van der Waals surface area contributed by atoms with Crippen LogP contribution < -0.4 is 0 Å². The molecule has 0 unspecified atom stereocenters. The lowest BCUT2D eigenvalue weighted by molar-refractivity contribution is 0.955. The van der Waals surface area contributed by atoms with Crippen LogP contribution in [-0.4, -0.2) is 29.1 Å². The minimum atomic E-state index is 0.568. The molecule has 0 saturated carbocycles. The number of para-hydroxylation sites is 2. The van der Waals surface area contributed by atoms with E-state index in [1.54, 1.807) is 0 Å². The van der Waals surface area contributed by atoms with Crippen molar-refractivity contribution in [1.29, 1.82) is 0 Å². The van der Waals surface area contributed by atoms with Crippen LogP contribution in [0.4, 0.5) is 0 Å². The van der Waals surface area contributed by atoms with Gasteiger partial charge in [-0.15, -0.1) is 0 Å². The molecule has 0 bridgehead atoms. The first-order chi connectivity index (χ1) is 24.8. The number of fused-ring (bicyclic) bond motifs is 6. The molecular weight excluding hydrogens is 613 g/mol. The Bertz CT molecular complexity index is 2780. The first-order valence-electron chi connectivity index (χ1n) is 16.7. The number of aromatic nitrogens is 6. The molecule has 0 aliphatic rings. The SMILES string of the molecule is c1ccc(-c2nc(-c3ccccc3)nc(-n3c4ccccc4c4ccc5cc6nc(-c7ccccc7)n(-c7ccccc7)c6cc5c43)n2)cc1. The molecule has 3 heterocycles. The number of nitrogens with zero attached hydrogens (tertiary/aromatic N) is 6. The molecule has 0 atom stereocenters. The Morgan fingerprint density at radius 3 is 1.62 bits per heavy atom. The highest BCUT2D eigenvalue weighted by Crippen LogP contribution is 2.39. The summed E-state index contributed by atoms with van der Waals surface area (Å²) in [6, 6.07) is 58.5. The normalized spacial score (nSPS) is 11.6. The fourth-order valence-electron chi connectivity index (χ4n) is 7.08. The average molecular weight is 641 g/mol. The number of hydrogen-bond acceptors (Lipinski definition) is 4. The predicted molar refractivity (Wildman–Crippen MR) is 203 cm³/mol. The summed E-state index contributed by atoms with van der Waals surface area (Å²) in [7, 11) is 0. The van der Waals surface area contributed by atoms with Crippen LogP contribution in [0.5, 0.6) is 0 Å². The molecule has 6 heteroatoms. The third-order valence-corrected chi connectivity index (χ3v) is 9.36. The zero-order valence-electron chi connectivity index (χ0n) is 26.8. The Kier molecular flexibility index (Phi) is 6.39. The Morgan fingerprint density at radius 1 is 0.380 bits per heavy atom. The second-order valence-electron chi connectivity index (χ2n) is 12.4. The van der Waals surface area contributed by atoms with Crippen LogP contribution in [0.25, 0.3) is 89.4 Å². The highest BCUT2D eigenvalue weighted by Gasteiger charge is 2.21. The fourth-order valence-corrected chi connectivity index (χ4v) is 7.08. The number of rotatable bonds is 5. The molecule has 6 nitrogen and oxygen atoms in total. The van der Waals surface area contributed by atoms with Crippen molar-refractivity contribution < 1.29 is 0 Å². The van der Waals surface area contributed by atoms with Gasteiger partial charge in [0.15, 0.2) is 11.6 Å². The van der Waals surface area contributed by atoms with Crippen LogP contribution in [0.2, 0.25) is 0 Å². The topological polar surface area (TPSA) is 61.4 Å². The molecule has 0 amide bonds. The third kappa shape index (κ3) is 4.50. The summed E-state index contributed by atoms with van der Waals surface area (Å²) in [6.07, 6.45) is 0. The largest absolute Gasteiger partial charge is 0.292 e. The number of imidazole rings is 1. The van der Waals surface area contributed by atoms with E-state index in [9.17, 15) is 0 Å². The van der Waals surface area contributed by atoms with E-state index in [0.29, 0.717) is 17.6 Å². The van der Waals surface area contributed by atoms with E-state index in [4.69, 9.17) is 19.9 Å². The van der Waals surface area contributed by atoms with Crippen LogP contribution in [0, 0.1) is 0 Å². The summed E-state index contributed by atoms with van der Waals surface area (Å²) in [4.78, 5) is 20.5. The van der Waals surface area contributed by atoms with Crippen LogP contribution in [0.3, 0.4) is 0 Å². The van der Waals surface area contributed by atoms with Gasteiger partial charge in [-0.3, -0.25) is 9.13 Å². The summed E-state index contributed by atoms with van der Waals surface area (Å²) >= 11 is 0. The number of benzene rings is 7. The van der Waals surface area contributed by atoms with Crippen LogP contribution >= 0.6 is 0 Å². The van der Waals surface area contributed by atoms with E-state index < -0.39 is 0 Å². The first kappa shape index (κ1) is 28.1. The van der Waals surface area contributed by atoms with Crippen molar-refractivity contribution in [2.75, 3.05) is 0 Å². The van der Waals surface area contributed by atoms with Gasteiger partial charge in [-0.25, -0.2) is 9.97 Å². The Balaban J connectivity index is 1.33. The molecule has 0 spiro atoms. The highest BCUT2D eigenvalue weighted by molar-refractivity contribution is 6.20. The summed E-state index contributed by atoms with van der Waals surface area (Å²) in [5, 5.41) is 4.44. The maximum absolute atomic E-state index is 5.23. The van der Waals surface area contributed by atoms with Crippen molar-refractivity contribution in [3.63, 3.8) is 0 Å². The fraction of sp³-hybridized carbons (Fsp3) is 0. The second-order valence-corrected chi connectivity index (χ2v) is 12.4. The van der Waals surface area contributed by atoms with E-state index in [1.807, 2.05) is 72.8 Å². The van der Waals surface area contributed by atoms with Gasteiger partial charge in [-0.05, 0) is 35.7 Å². The lowest BCUT2D eigenvalue weighted by atomic mass is 10.0. The van der Waals surface area contributed by atoms with Crippen LogP contribution in [-0.2, 0) is 0 Å². The minimum absolute atomic E-state index is 0.568. The van der Waals surface area contributed by atoms with Crippen molar-refractivity contribution in [2.24, 2.45) is 0 Å². The van der Waals surface area contributed by atoms with Gasteiger partial charge in [-0.2, -0.15) is 9.97 Å². The summed E-state index contributed by atoms with van der Waals surface area (Å²) < 4.78 is 4.47. The maximum atomic E-state index is 5.23. The van der Waals surface area contributed by atoms with Crippen molar-refractivity contribution >= 4 is 43.6 Å². The van der Waals surface area contributed by atoms with Crippen molar-refractivity contribution in [3.8, 4) is 45.8 Å². The van der Waals surface area contributed by atoms with Gasteiger partial charge in [0, 0.05) is 38.5 Å². The van der Waals surface area contributed by atoms with E-state index >= 15 is 0 Å². The van der Waals surface area contributed by atoms with E-state index in [1.165, 1.54) is 0 Å². The predicted octanol–water partition coefficient (Wildman–Crippen LogP) is 10.5. The molecule has 50 heavy (non-hydrogen) atoms. The monoisotopic (exact) mass is 640 g/mol. The standard InChI is InChI=1S/C44H28N6/c1-5-15-29(16-6-1)41-46-42(30-17-7-2-8-18-30)48-44(47-41)50-38-24-14-13-23-34(38)35-26-25-32-27-37-39(28-36(32)40(35)50)49(33-21-11-4-12-22-33)43(45-37)31-19-9-3-10-20-31/h1-28H. The Hall–Kier alpha value is -6.92. The van der Waals surface area contributed by atoms with E-state index in [-0.39, 0.29) is 0 Å². The Morgan fingerprint density at radius 2 is 0.960 bits per heavy atom. The smallest absolute Gasteiger partial charge is 0.238 e. The van der Waals surface area contributed by atoms with Gasteiger partial charge >= 0.3 is 0 Å². The second kappa shape index (κ2) is 11.4. The summed E-state index contributed by atoms with van der Waals surface area (Å²) in [6.45, 7) is 0. The van der Waals surface area contributed by atoms with Gasteiger partial charge in [0.2, 0.25) is 5.95 Å². The molecule has 10 aromatic rings. The molecule has 10 rings (SSSR count). The maximum Gasteiger partial charge on any atom is 0.238 e. The molecular formula is C44H28N6. The minimum Gasteiger partial charge on any atom is -0.292 e. The van der Waals surface area contributed by atoms with Gasteiger partial charge in [0.25, 0.3) is 0 Å². The molecule has 0 saturated heterocycles. The molecule has 0 fully saturated rings. The average Bonchev–Trinajstić information content (AvgIpc) is 3.74. The molecule has 0 aliphatic carbocycles. The van der Waals surface area contributed by atoms with Crippen LogP contribution in [0.15, 0.2) is 170 Å². The zero-order chi connectivity index (χ0) is 33.0. The first-order valence-corrected chi connectivity index (χ1v) is 16.7. The molecule has 7 aromatic carbocycles. The highest BCUT2D eigenvalue weighted by atomic mass is 15.2. The van der Waals surface area contributed by atoms with Gasteiger partial charge < -0.3 is 0 Å². The lowest BCUT2D eigenvalue weighted by Gasteiger charge is -2.12. The number of hydrogen-bond donors (Lipinski definition) is 0. The quantitative estimate of drug-likeness (QED) is 0.188. The third-order valence-electron chi connectivity index (χ3n) is 9.36. The van der Waals surface area contributed by atoms with E-state index in [2.05, 4.69) is 106 Å². The van der Waals surface area contributed by atoms with Gasteiger partial charge in [0.05, 0.1) is 22.1 Å². The van der Waals surface area contributed by atoms with Gasteiger partial charge in [-0.1, -0.05) is 140 Å². The van der Waals surface area contributed by atoms with Crippen molar-refractivity contribution in [2.45, 2.75) is 0 Å². The van der Waals surface area contributed by atoms with E-state index in [0.717, 1.165) is 71.8 Å². The van der Waals surface area contributed by atoms with Crippen LogP contribution in [0.1, 0.15) is 0 Å². The van der Waals surface area contributed by atoms with Crippen molar-refractivity contribution in [3.05, 3.63) is 170 Å². The molecule has 3 aromatic heterocycles. The van der Waals surface area contributed by atoms with Gasteiger partial charge in [0.1, 0.15) is 5.82 Å². The molecule has 0 aliphatic heterocycles. The summed E-state index contributed by atoms with van der Waals surface area (Å²) in [5.41, 5.74) is 8.00. The Labute approximate surface area is 287 Å². The molecule has 0 N–H and O–H groups in total. The lowest BCUT2D eigenvalue weighted by Crippen LogP contribution is -2.06. The zero-order valence-corrected chi connectivity index (χ0v) is 26.8. The molecule has 0 radical (unpaired) electrons. The summed E-state index contributed by atoms with van der Waals surface area (Å²) in [5.74, 6) is 2.71. The molecule has 234 valence electrons.